The van der Waals surface area contributed by atoms with Gasteiger partial charge in [-0.3, -0.25) is 0 Å². The summed E-state index contributed by atoms with van der Waals surface area (Å²) in [4.78, 5) is 0.255. The van der Waals surface area contributed by atoms with E-state index in [4.69, 9.17) is 4.42 Å². The van der Waals surface area contributed by atoms with Crippen LogP contribution in [0.3, 0.4) is 0 Å². The molecule has 0 amide bonds. The average Bonchev–Trinajstić information content (AvgIpc) is 3.29. The van der Waals surface area contributed by atoms with Crippen LogP contribution < -0.4 is 5.32 Å². The van der Waals surface area contributed by atoms with Crippen LogP contribution in [-0.4, -0.2) is 24.5 Å². The zero-order valence-corrected chi connectivity index (χ0v) is 16.6. The van der Waals surface area contributed by atoms with E-state index >= 15 is 0 Å². The van der Waals surface area contributed by atoms with Crippen LogP contribution in [0.2, 0.25) is 0 Å². The van der Waals surface area contributed by atoms with E-state index in [1.807, 2.05) is 12.3 Å². The van der Waals surface area contributed by atoms with Crippen molar-refractivity contribution in [1.82, 2.24) is 9.78 Å². The molecule has 6 nitrogen and oxygen atoms in total. The van der Waals surface area contributed by atoms with E-state index in [9.17, 15) is 8.42 Å². The molecule has 27 heavy (non-hydrogen) atoms. The summed E-state index contributed by atoms with van der Waals surface area (Å²) < 4.78 is 30.9. The first-order valence-corrected chi connectivity index (χ1v) is 10.9. The van der Waals surface area contributed by atoms with Gasteiger partial charge in [0.25, 0.3) is 0 Å². The Morgan fingerprint density at radius 2 is 1.96 bits per heavy atom. The van der Waals surface area contributed by atoms with Gasteiger partial charge in [-0.1, -0.05) is 26.0 Å². The fraction of sp³-hybridized carbons (Fsp3) is 0.350. The number of hydrogen-bond acceptors (Lipinski definition) is 5. The van der Waals surface area contributed by atoms with E-state index in [1.165, 1.54) is 6.26 Å². The summed E-state index contributed by atoms with van der Waals surface area (Å²) in [7, 11) is -3.34. The summed E-state index contributed by atoms with van der Waals surface area (Å²) in [6.45, 7) is 4.40. The Morgan fingerprint density at radius 3 is 2.63 bits per heavy atom. The fourth-order valence-electron chi connectivity index (χ4n) is 2.99. The van der Waals surface area contributed by atoms with E-state index in [2.05, 4.69) is 24.3 Å². The Kier molecular flexibility index (Phi) is 5.70. The second kappa shape index (κ2) is 8.00. The van der Waals surface area contributed by atoms with E-state index in [1.54, 1.807) is 47.7 Å². The van der Waals surface area contributed by atoms with Gasteiger partial charge in [0.1, 0.15) is 0 Å². The molecule has 0 spiro atoms. The third kappa shape index (κ3) is 4.80. The summed E-state index contributed by atoms with van der Waals surface area (Å²) in [5.74, 6) is 0.602. The van der Waals surface area contributed by atoms with Crippen LogP contribution in [0.4, 0.5) is 5.69 Å². The molecular formula is C20H25N3O3S. The second-order valence-corrected chi connectivity index (χ2v) is 9.12. The predicted molar refractivity (Wildman–Crippen MR) is 106 cm³/mol. The molecule has 2 heterocycles. The standard InChI is InChI=1S/C20H25N3O3S/c1-15(2)8-9-18(16-10-11-26-14-16)22-17-12-21-23(13-17)19-6-4-5-7-20(19)27(3,24)25/h4-7,10-15,18,22H,8-9H2,1-3H3. The average molecular weight is 388 g/mol. The lowest BCUT2D eigenvalue weighted by atomic mass is 9.99. The van der Waals surface area contributed by atoms with Crippen LogP contribution in [0, 0.1) is 5.92 Å². The zero-order chi connectivity index (χ0) is 19.4. The van der Waals surface area contributed by atoms with Crippen LogP contribution in [-0.2, 0) is 9.84 Å². The molecule has 0 aliphatic rings. The van der Waals surface area contributed by atoms with Crippen molar-refractivity contribution >= 4 is 15.5 Å². The van der Waals surface area contributed by atoms with Crippen molar-refractivity contribution in [2.45, 2.75) is 37.6 Å². The van der Waals surface area contributed by atoms with Gasteiger partial charge in [-0.25, -0.2) is 13.1 Å². The monoisotopic (exact) mass is 387 g/mol. The molecule has 0 radical (unpaired) electrons. The minimum Gasteiger partial charge on any atom is -0.472 e. The zero-order valence-electron chi connectivity index (χ0n) is 15.8. The molecular weight excluding hydrogens is 362 g/mol. The molecule has 1 aromatic carbocycles. The number of sulfone groups is 1. The van der Waals surface area contributed by atoms with Crippen LogP contribution in [0.25, 0.3) is 5.69 Å². The van der Waals surface area contributed by atoms with Gasteiger partial charge in [0.05, 0.1) is 47.2 Å². The van der Waals surface area contributed by atoms with Gasteiger partial charge >= 0.3 is 0 Å². The van der Waals surface area contributed by atoms with Gasteiger partial charge < -0.3 is 9.73 Å². The molecule has 0 bridgehead atoms. The van der Waals surface area contributed by atoms with Crippen LogP contribution in [0.15, 0.2) is 64.6 Å². The van der Waals surface area contributed by atoms with Crippen molar-refractivity contribution in [2.24, 2.45) is 5.92 Å². The maximum absolute atomic E-state index is 12.0. The third-order valence-corrected chi connectivity index (χ3v) is 5.56. The lowest BCUT2D eigenvalue weighted by Crippen LogP contribution is -2.11. The number of nitrogens with zero attached hydrogens (tertiary/aromatic N) is 2. The molecule has 0 aliphatic heterocycles. The Balaban J connectivity index is 1.85. The van der Waals surface area contributed by atoms with Gasteiger partial charge in [-0.2, -0.15) is 5.10 Å². The van der Waals surface area contributed by atoms with Crippen LogP contribution >= 0.6 is 0 Å². The van der Waals surface area contributed by atoms with E-state index in [0.717, 1.165) is 24.1 Å². The molecule has 0 saturated carbocycles. The minimum absolute atomic E-state index is 0.106. The molecule has 0 aliphatic carbocycles. The molecule has 0 fully saturated rings. The van der Waals surface area contributed by atoms with E-state index in [0.29, 0.717) is 11.6 Å². The molecule has 1 atom stereocenters. The fourth-order valence-corrected chi connectivity index (χ4v) is 3.85. The highest BCUT2D eigenvalue weighted by atomic mass is 32.2. The number of anilines is 1. The van der Waals surface area contributed by atoms with Gasteiger partial charge in [-0.15, -0.1) is 0 Å². The first-order chi connectivity index (χ1) is 12.8. The van der Waals surface area contributed by atoms with Gasteiger partial charge in [-0.05, 0) is 37.0 Å². The van der Waals surface area contributed by atoms with Crippen molar-refractivity contribution in [3.8, 4) is 5.69 Å². The maximum Gasteiger partial charge on any atom is 0.177 e. The number of aromatic nitrogens is 2. The van der Waals surface area contributed by atoms with Gasteiger partial charge in [0.2, 0.25) is 0 Å². The number of hydrogen-bond donors (Lipinski definition) is 1. The highest BCUT2D eigenvalue weighted by Crippen LogP contribution is 2.27. The van der Waals surface area contributed by atoms with E-state index < -0.39 is 9.84 Å². The highest BCUT2D eigenvalue weighted by molar-refractivity contribution is 7.90. The van der Waals surface area contributed by atoms with Crippen molar-refractivity contribution in [3.05, 3.63) is 60.8 Å². The quantitative estimate of drug-likeness (QED) is 0.617. The molecule has 3 aromatic rings. The highest BCUT2D eigenvalue weighted by Gasteiger charge is 2.17. The molecule has 1 unspecified atom stereocenters. The van der Waals surface area contributed by atoms with E-state index in [-0.39, 0.29) is 10.9 Å². The summed E-state index contributed by atoms with van der Waals surface area (Å²) in [5, 5.41) is 7.85. The Labute approximate surface area is 160 Å². The van der Waals surface area contributed by atoms with Crippen molar-refractivity contribution in [1.29, 1.82) is 0 Å². The molecule has 0 saturated heterocycles. The predicted octanol–water partition coefficient (Wildman–Crippen LogP) is 4.46. The van der Waals surface area contributed by atoms with Crippen molar-refractivity contribution in [3.63, 3.8) is 0 Å². The number of rotatable bonds is 8. The normalized spacial score (nSPS) is 13.0. The summed E-state index contributed by atoms with van der Waals surface area (Å²) in [6.07, 6.45) is 10.2. The molecule has 3 rings (SSSR count). The SMILES string of the molecule is CC(C)CCC(Nc1cnn(-c2ccccc2S(C)(=O)=O)c1)c1ccoc1. The summed E-state index contributed by atoms with van der Waals surface area (Å²) in [6, 6.07) is 8.92. The molecule has 144 valence electrons. The Bertz CT molecular complexity index is 976. The maximum atomic E-state index is 12.0. The van der Waals surface area contributed by atoms with Gasteiger partial charge in [0.15, 0.2) is 9.84 Å². The number of nitrogens with one attached hydrogen (secondary N) is 1. The first kappa shape index (κ1) is 19.2. The van der Waals surface area contributed by atoms with Crippen molar-refractivity contribution < 1.29 is 12.8 Å². The van der Waals surface area contributed by atoms with Crippen LogP contribution in [0.1, 0.15) is 38.3 Å². The minimum atomic E-state index is -3.34. The lowest BCUT2D eigenvalue weighted by molar-refractivity contribution is 0.514. The smallest absolute Gasteiger partial charge is 0.177 e. The Hall–Kier alpha value is -2.54. The van der Waals surface area contributed by atoms with Crippen molar-refractivity contribution in [2.75, 3.05) is 11.6 Å². The largest absolute Gasteiger partial charge is 0.472 e. The van der Waals surface area contributed by atoms with Crippen LogP contribution in [0.5, 0.6) is 0 Å². The van der Waals surface area contributed by atoms with Gasteiger partial charge in [0, 0.05) is 11.8 Å². The third-order valence-electron chi connectivity index (χ3n) is 4.41. The number of benzene rings is 1. The second-order valence-electron chi connectivity index (χ2n) is 7.14. The molecule has 2 aromatic heterocycles. The Morgan fingerprint density at radius 1 is 1.19 bits per heavy atom. The summed E-state index contributed by atoms with van der Waals surface area (Å²) in [5.41, 5.74) is 2.45. The summed E-state index contributed by atoms with van der Waals surface area (Å²) >= 11 is 0. The topological polar surface area (TPSA) is 77.1 Å². The molecule has 1 N–H and O–H groups in total. The first-order valence-electron chi connectivity index (χ1n) is 8.97. The number of furan rings is 1. The molecule has 7 heteroatoms. The number of para-hydroxylation sites is 1. The lowest BCUT2D eigenvalue weighted by Gasteiger charge is -2.18.